The Morgan fingerprint density at radius 1 is 1.03 bits per heavy atom. The van der Waals surface area contributed by atoms with Gasteiger partial charge in [0.2, 0.25) is 0 Å². The molecule has 2 aromatic carbocycles. The molecule has 2 heterocycles. The smallest absolute Gasteiger partial charge is 0.341 e. The van der Waals surface area contributed by atoms with Gasteiger partial charge in [-0.3, -0.25) is 9.71 Å². The van der Waals surface area contributed by atoms with Crippen molar-refractivity contribution in [1.82, 2.24) is 9.97 Å². The highest BCUT2D eigenvalue weighted by Crippen LogP contribution is 2.32. The maximum absolute atomic E-state index is 12.7. The Kier molecular flexibility index (Phi) is 6.47. The molecule has 0 fully saturated rings. The Hall–Kier alpha value is -3.98. The van der Waals surface area contributed by atoms with Gasteiger partial charge in [-0.25, -0.2) is 18.2 Å². The Bertz CT molecular complexity index is 1450. The highest BCUT2D eigenvalue weighted by Gasteiger charge is 2.19. The molecule has 0 saturated heterocycles. The number of nitrogens with zero attached hydrogens (tertiary/aromatic N) is 2. The maximum atomic E-state index is 12.7. The van der Waals surface area contributed by atoms with Crippen LogP contribution in [0.15, 0.2) is 71.9 Å². The number of rotatable bonds is 7. The third kappa shape index (κ3) is 4.84. The van der Waals surface area contributed by atoms with Gasteiger partial charge in [0.25, 0.3) is 10.0 Å². The molecule has 174 valence electrons. The molecule has 0 spiro atoms. The number of ether oxygens (including phenoxy) is 1. The van der Waals surface area contributed by atoms with E-state index in [2.05, 4.69) is 20.0 Å². The third-order valence-electron chi connectivity index (χ3n) is 5.14. The largest absolute Gasteiger partial charge is 0.462 e. The second-order valence-corrected chi connectivity index (χ2v) is 9.40. The molecule has 0 bridgehead atoms. The molecule has 0 aliphatic rings. The van der Waals surface area contributed by atoms with Gasteiger partial charge in [-0.15, -0.1) is 0 Å². The summed E-state index contributed by atoms with van der Waals surface area (Å²) in [6.07, 6.45) is 3.01. The van der Waals surface area contributed by atoms with Crippen molar-refractivity contribution in [1.29, 1.82) is 0 Å². The molecule has 4 rings (SSSR count). The standard InChI is InChI=1S/C25H24N4O4S/c1-4-33-25(30)21-15-27-23-17(3)13-16(2)14-20(23)24(21)28-18-8-10-19(11-9-18)34(31,32)29-22-7-5-6-12-26-22/h5-15H,4H2,1-3H3,(H,26,29)(H,27,28). The summed E-state index contributed by atoms with van der Waals surface area (Å²) >= 11 is 0. The van der Waals surface area contributed by atoms with Gasteiger partial charge in [-0.1, -0.05) is 17.7 Å². The van der Waals surface area contributed by atoms with Crippen LogP contribution in [-0.4, -0.2) is 31.0 Å². The van der Waals surface area contributed by atoms with E-state index < -0.39 is 16.0 Å². The second kappa shape index (κ2) is 9.48. The number of aryl methyl sites for hydroxylation is 2. The first-order valence-electron chi connectivity index (χ1n) is 10.7. The minimum absolute atomic E-state index is 0.0839. The average molecular weight is 477 g/mol. The second-order valence-electron chi connectivity index (χ2n) is 7.72. The van der Waals surface area contributed by atoms with E-state index in [-0.39, 0.29) is 17.3 Å². The van der Waals surface area contributed by atoms with Crippen LogP contribution in [0.4, 0.5) is 17.2 Å². The van der Waals surface area contributed by atoms with Crippen molar-refractivity contribution in [3.05, 3.63) is 83.7 Å². The number of hydrogen-bond donors (Lipinski definition) is 2. The molecule has 0 amide bonds. The first-order valence-corrected chi connectivity index (χ1v) is 12.1. The molecule has 0 atom stereocenters. The number of carbonyl (C=O) groups excluding carboxylic acids is 1. The van der Waals surface area contributed by atoms with E-state index in [1.807, 2.05) is 26.0 Å². The summed E-state index contributed by atoms with van der Waals surface area (Å²) < 4.78 is 33.1. The number of aromatic nitrogens is 2. The summed E-state index contributed by atoms with van der Waals surface area (Å²) in [5.74, 6) is -0.255. The Balaban J connectivity index is 1.70. The number of sulfonamides is 1. The van der Waals surface area contributed by atoms with Crippen molar-refractivity contribution in [2.45, 2.75) is 25.7 Å². The van der Waals surface area contributed by atoms with Crippen LogP contribution >= 0.6 is 0 Å². The van der Waals surface area contributed by atoms with Crippen molar-refractivity contribution in [3.63, 3.8) is 0 Å². The van der Waals surface area contributed by atoms with Crippen molar-refractivity contribution in [3.8, 4) is 0 Å². The van der Waals surface area contributed by atoms with Crippen LogP contribution < -0.4 is 10.0 Å². The van der Waals surface area contributed by atoms with Gasteiger partial charge in [0.05, 0.1) is 22.7 Å². The summed E-state index contributed by atoms with van der Waals surface area (Å²) in [7, 11) is -3.80. The molecule has 0 aliphatic carbocycles. The van der Waals surface area contributed by atoms with Gasteiger partial charge < -0.3 is 10.1 Å². The fourth-order valence-electron chi connectivity index (χ4n) is 3.64. The summed E-state index contributed by atoms with van der Waals surface area (Å²) in [5, 5.41) is 4.04. The minimum Gasteiger partial charge on any atom is -0.462 e. The molecule has 2 N–H and O–H groups in total. The molecule has 0 unspecified atom stereocenters. The van der Waals surface area contributed by atoms with Gasteiger partial charge in [0.1, 0.15) is 11.4 Å². The monoisotopic (exact) mass is 476 g/mol. The predicted molar refractivity (Wildman–Crippen MR) is 132 cm³/mol. The van der Waals surface area contributed by atoms with Crippen LogP contribution in [0.25, 0.3) is 10.9 Å². The SMILES string of the molecule is CCOC(=O)c1cnc2c(C)cc(C)cc2c1Nc1ccc(S(=O)(=O)Nc2ccccn2)cc1. The highest BCUT2D eigenvalue weighted by atomic mass is 32.2. The van der Waals surface area contributed by atoms with Crippen molar-refractivity contribution in [2.75, 3.05) is 16.6 Å². The van der Waals surface area contributed by atoms with E-state index in [0.29, 0.717) is 16.9 Å². The normalized spacial score (nSPS) is 11.3. The molecule has 0 saturated carbocycles. The van der Waals surface area contributed by atoms with E-state index >= 15 is 0 Å². The maximum Gasteiger partial charge on any atom is 0.341 e. The number of benzene rings is 2. The minimum atomic E-state index is -3.80. The quantitative estimate of drug-likeness (QED) is 0.362. The van der Waals surface area contributed by atoms with Gasteiger partial charge in [-0.2, -0.15) is 0 Å². The van der Waals surface area contributed by atoms with Crippen molar-refractivity contribution < 1.29 is 17.9 Å². The number of hydrogen-bond acceptors (Lipinski definition) is 7. The summed E-state index contributed by atoms with van der Waals surface area (Å²) in [5.41, 5.74) is 4.23. The first-order chi connectivity index (χ1) is 16.3. The van der Waals surface area contributed by atoms with Crippen molar-refractivity contribution >= 4 is 44.1 Å². The van der Waals surface area contributed by atoms with E-state index in [4.69, 9.17) is 4.74 Å². The zero-order valence-corrected chi connectivity index (χ0v) is 19.8. The third-order valence-corrected chi connectivity index (χ3v) is 6.51. The molecule has 8 nitrogen and oxygen atoms in total. The van der Waals surface area contributed by atoms with Gasteiger partial charge >= 0.3 is 5.97 Å². The first kappa shape index (κ1) is 23.2. The van der Waals surface area contributed by atoms with Gasteiger partial charge in [0.15, 0.2) is 0 Å². The molecule has 34 heavy (non-hydrogen) atoms. The molecule has 0 aliphatic heterocycles. The summed E-state index contributed by atoms with van der Waals surface area (Å²) in [6, 6.07) is 15.2. The summed E-state index contributed by atoms with van der Waals surface area (Å²) in [4.78, 5) is 21.2. The lowest BCUT2D eigenvalue weighted by atomic mass is 10.0. The fourth-order valence-corrected chi connectivity index (χ4v) is 4.65. The lowest BCUT2D eigenvalue weighted by Gasteiger charge is -2.16. The van der Waals surface area contributed by atoms with Crippen LogP contribution in [0.5, 0.6) is 0 Å². The molecule has 4 aromatic rings. The zero-order valence-electron chi connectivity index (χ0n) is 19.0. The molecule has 2 aromatic heterocycles. The van der Waals surface area contributed by atoms with Crippen LogP contribution in [-0.2, 0) is 14.8 Å². The molecule has 9 heteroatoms. The van der Waals surface area contributed by atoms with Crippen LogP contribution in [0.2, 0.25) is 0 Å². The van der Waals surface area contributed by atoms with E-state index in [1.165, 1.54) is 24.5 Å². The fraction of sp³-hybridized carbons (Fsp3) is 0.160. The lowest BCUT2D eigenvalue weighted by Crippen LogP contribution is -2.13. The average Bonchev–Trinajstić information content (AvgIpc) is 2.80. The van der Waals surface area contributed by atoms with Crippen LogP contribution in [0, 0.1) is 13.8 Å². The van der Waals surface area contributed by atoms with Crippen LogP contribution in [0.3, 0.4) is 0 Å². The van der Waals surface area contributed by atoms with Crippen LogP contribution in [0.1, 0.15) is 28.4 Å². The topological polar surface area (TPSA) is 110 Å². The molecule has 0 radical (unpaired) electrons. The van der Waals surface area contributed by atoms with Gasteiger partial charge in [-0.05, 0) is 68.8 Å². The number of carbonyl (C=O) groups is 1. The Labute approximate surface area is 198 Å². The van der Waals surface area contributed by atoms with E-state index in [0.717, 1.165) is 22.0 Å². The molecular weight excluding hydrogens is 452 g/mol. The summed E-state index contributed by atoms with van der Waals surface area (Å²) in [6.45, 7) is 5.91. The number of nitrogens with one attached hydrogen (secondary N) is 2. The number of pyridine rings is 2. The van der Waals surface area contributed by atoms with Gasteiger partial charge in [0, 0.05) is 23.5 Å². The number of fused-ring (bicyclic) bond motifs is 1. The Morgan fingerprint density at radius 2 is 1.79 bits per heavy atom. The zero-order chi connectivity index (χ0) is 24.3. The molecular formula is C25H24N4O4S. The van der Waals surface area contributed by atoms with E-state index in [9.17, 15) is 13.2 Å². The Morgan fingerprint density at radius 3 is 2.47 bits per heavy atom. The number of esters is 1. The van der Waals surface area contributed by atoms with Crippen molar-refractivity contribution in [2.24, 2.45) is 0 Å². The lowest BCUT2D eigenvalue weighted by molar-refractivity contribution is 0.0527. The highest BCUT2D eigenvalue weighted by molar-refractivity contribution is 7.92. The number of anilines is 3. The van der Waals surface area contributed by atoms with E-state index in [1.54, 1.807) is 37.3 Å². The predicted octanol–water partition coefficient (Wildman–Crippen LogP) is 4.97.